The van der Waals surface area contributed by atoms with E-state index < -0.39 is 5.41 Å². The lowest BCUT2D eigenvalue weighted by atomic mass is 9.69. The lowest BCUT2D eigenvalue weighted by Crippen LogP contribution is -2.26. The molecule has 1 spiro atoms. The molecule has 2 nitrogen and oxygen atoms in total. The Kier molecular flexibility index (Phi) is 6.83. The molecule has 50 heavy (non-hydrogen) atoms. The van der Waals surface area contributed by atoms with Crippen molar-refractivity contribution >= 4 is 22.7 Å². The van der Waals surface area contributed by atoms with Crippen molar-refractivity contribution in [3.05, 3.63) is 179 Å². The molecule has 2 aliphatic rings. The monoisotopic (exact) mass is 676 g/mol. The van der Waals surface area contributed by atoms with E-state index in [2.05, 4.69) is 144 Å². The summed E-state index contributed by atoms with van der Waals surface area (Å²) in [6, 6.07) is 48.4. The molecular formula is C46H32N2S2. The smallest absolute Gasteiger partial charge is 0.0797 e. The number of hydrogen-bond acceptors (Lipinski definition) is 4. The van der Waals surface area contributed by atoms with Crippen LogP contribution in [0, 0.1) is 0 Å². The first kappa shape index (κ1) is 29.5. The van der Waals surface area contributed by atoms with Crippen LogP contribution in [0.25, 0.3) is 65.4 Å². The molecule has 0 saturated heterocycles. The third kappa shape index (κ3) is 4.32. The van der Waals surface area contributed by atoms with Crippen LogP contribution in [0.1, 0.15) is 41.2 Å². The Bertz CT molecular complexity index is 2430. The van der Waals surface area contributed by atoms with E-state index in [1.54, 1.807) is 22.7 Å². The molecule has 0 atom stereocenters. The highest BCUT2D eigenvalue weighted by molar-refractivity contribution is 7.13. The van der Waals surface area contributed by atoms with Crippen LogP contribution in [0.3, 0.4) is 0 Å². The molecular weight excluding hydrogens is 645 g/mol. The second-order valence-electron chi connectivity index (χ2n) is 13.3. The topological polar surface area (TPSA) is 25.8 Å². The molecule has 0 radical (unpaired) electrons. The third-order valence-corrected chi connectivity index (χ3v) is 12.3. The van der Waals surface area contributed by atoms with Gasteiger partial charge in [-0.3, -0.25) is 9.97 Å². The maximum Gasteiger partial charge on any atom is 0.0797 e. The zero-order valence-corrected chi connectivity index (χ0v) is 29.2. The van der Waals surface area contributed by atoms with Gasteiger partial charge in [-0.1, -0.05) is 116 Å². The Morgan fingerprint density at radius 1 is 0.480 bits per heavy atom. The summed E-state index contributed by atoms with van der Waals surface area (Å²) < 4.78 is 0. The fourth-order valence-corrected chi connectivity index (χ4v) is 9.81. The molecule has 2 aliphatic carbocycles. The molecule has 0 amide bonds. The van der Waals surface area contributed by atoms with Crippen molar-refractivity contribution in [2.45, 2.75) is 25.2 Å². The van der Waals surface area contributed by atoms with Gasteiger partial charge in [0.05, 0.1) is 26.2 Å². The molecule has 0 saturated carbocycles. The molecule has 238 valence electrons. The highest BCUT2D eigenvalue weighted by atomic mass is 32.1. The van der Waals surface area contributed by atoms with Crippen molar-refractivity contribution in [3.63, 3.8) is 0 Å². The summed E-state index contributed by atoms with van der Waals surface area (Å²) in [7, 11) is 0. The zero-order chi connectivity index (χ0) is 33.2. The molecule has 0 N–H and O–H groups in total. The third-order valence-electron chi connectivity index (χ3n) is 10.6. The number of fused-ring (bicyclic) bond motifs is 10. The molecule has 0 bridgehead atoms. The number of aryl methyl sites for hydroxylation is 1. The predicted molar refractivity (Wildman–Crippen MR) is 210 cm³/mol. The summed E-state index contributed by atoms with van der Waals surface area (Å²) in [6.45, 7) is 2.29. The second kappa shape index (κ2) is 11.6. The SMILES string of the molecule is CCCc1cccc2c1-c1ccccc1C21c2cc(-c3cccc(-c4cncs4)c3)ccc2-c2ccc(-c3cccc(-c4cncs4)c3)cc21. The van der Waals surface area contributed by atoms with E-state index in [0.717, 1.165) is 12.8 Å². The largest absolute Gasteiger partial charge is 0.252 e. The fraction of sp³-hybridized carbons (Fsp3) is 0.0870. The molecule has 6 aromatic carbocycles. The van der Waals surface area contributed by atoms with E-state index in [1.165, 1.54) is 93.2 Å². The van der Waals surface area contributed by atoms with Crippen LogP contribution in [-0.4, -0.2) is 9.97 Å². The lowest BCUT2D eigenvalue weighted by Gasteiger charge is -2.31. The number of hydrogen-bond donors (Lipinski definition) is 0. The number of aromatic nitrogens is 2. The molecule has 2 heterocycles. The van der Waals surface area contributed by atoms with Gasteiger partial charge in [-0.15, -0.1) is 22.7 Å². The van der Waals surface area contributed by atoms with E-state index in [-0.39, 0.29) is 0 Å². The van der Waals surface area contributed by atoms with Gasteiger partial charge in [-0.2, -0.15) is 0 Å². The highest BCUT2D eigenvalue weighted by Gasteiger charge is 2.52. The summed E-state index contributed by atoms with van der Waals surface area (Å²) in [5.41, 5.74) is 23.0. The molecule has 4 heteroatoms. The minimum atomic E-state index is -0.434. The van der Waals surface area contributed by atoms with E-state index in [9.17, 15) is 0 Å². The Labute approximate surface area is 300 Å². The van der Waals surface area contributed by atoms with Crippen molar-refractivity contribution in [2.24, 2.45) is 0 Å². The Morgan fingerprint density at radius 2 is 1.02 bits per heavy atom. The maximum absolute atomic E-state index is 4.35. The van der Waals surface area contributed by atoms with Crippen LogP contribution in [0.5, 0.6) is 0 Å². The normalized spacial score (nSPS) is 13.2. The van der Waals surface area contributed by atoms with Crippen LogP contribution < -0.4 is 0 Å². The highest BCUT2D eigenvalue weighted by Crippen LogP contribution is 2.64. The fourth-order valence-electron chi connectivity index (χ4n) is 8.57. The quantitative estimate of drug-likeness (QED) is 0.175. The molecule has 0 aliphatic heterocycles. The lowest BCUT2D eigenvalue weighted by molar-refractivity contribution is 0.792. The number of rotatable bonds is 6. The van der Waals surface area contributed by atoms with Gasteiger partial charge in [-0.25, -0.2) is 0 Å². The molecule has 8 aromatic rings. The van der Waals surface area contributed by atoms with Crippen LogP contribution in [0.15, 0.2) is 151 Å². The summed E-state index contributed by atoms with van der Waals surface area (Å²) in [6.07, 6.45) is 6.09. The average Bonchev–Trinajstić information content (AvgIpc) is 3.99. The first-order chi connectivity index (χ1) is 24.7. The van der Waals surface area contributed by atoms with E-state index in [0.29, 0.717) is 0 Å². The van der Waals surface area contributed by atoms with Gasteiger partial charge in [0, 0.05) is 12.4 Å². The molecule has 0 fully saturated rings. The van der Waals surface area contributed by atoms with Gasteiger partial charge in [-0.05, 0) is 114 Å². The molecule has 0 unspecified atom stereocenters. The summed E-state index contributed by atoms with van der Waals surface area (Å²) >= 11 is 3.36. The zero-order valence-electron chi connectivity index (χ0n) is 27.6. The van der Waals surface area contributed by atoms with Crippen LogP contribution >= 0.6 is 22.7 Å². The second-order valence-corrected chi connectivity index (χ2v) is 15.1. The van der Waals surface area contributed by atoms with Gasteiger partial charge in [0.25, 0.3) is 0 Å². The number of thiazole rings is 2. The number of nitrogens with zero attached hydrogens (tertiary/aromatic N) is 2. The standard InChI is InChI=1S/C46H32N2S2/c1-2-8-29-9-7-16-40-45(29)38-14-3-4-15-39(38)46(40)41-23-32(30-10-5-12-34(21-30)43-25-47-27-49-43)17-19-36(41)37-20-18-33(24-42(37)46)31-11-6-13-35(22-31)44-26-48-28-50-44/h3-7,9-28H,2,8H2,1H3. The van der Waals surface area contributed by atoms with Crippen LogP contribution in [0.4, 0.5) is 0 Å². The van der Waals surface area contributed by atoms with Crippen LogP contribution in [0.2, 0.25) is 0 Å². The first-order valence-corrected chi connectivity index (χ1v) is 19.0. The predicted octanol–water partition coefficient (Wildman–Crippen LogP) is 12.6. The van der Waals surface area contributed by atoms with Gasteiger partial charge in [0.15, 0.2) is 0 Å². The minimum Gasteiger partial charge on any atom is -0.252 e. The van der Waals surface area contributed by atoms with Crippen molar-refractivity contribution in [1.29, 1.82) is 0 Å². The van der Waals surface area contributed by atoms with E-state index >= 15 is 0 Å². The van der Waals surface area contributed by atoms with Gasteiger partial charge in [0.2, 0.25) is 0 Å². The van der Waals surface area contributed by atoms with Crippen molar-refractivity contribution in [2.75, 3.05) is 0 Å². The van der Waals surface area contributed by atoms with Crippen molar-refractivity contribution in [3.8, 4) is 65.4 Å². The Morgan fingerprint density at radius 3 is 1.60 bits per heavy atom. The molecule has 2 aromatic heterocycles. The van der Waals surface area contributed by atoms with Crippen molar-refractivity contribution in [1.82, 2.24) is 9.97 Å². The molecule has 10 rings (SSSR count). The summed E-state index contributed by atoms with van der Waals surface area (Å²) in [4.78, 5) is 11.1. The average molecular weight is 677 g/mol. The van der Waals surface area contributed by atoms with Crippen LogP contribution in [-0.2, 0) is 11.8 Å². The summed E-state index contributed by atoms with van der Waals surface area (Å²) in [5, 5.41) is 0. The summed E-state index contributed by atoms with van der Waals surface area (Å²) in [5.74, 6) is 0. The van der Waals surface area contributed by atoms with Gasteiger partial charge >= 0.3 is 0 Å². The Balaban J connectivity index is 1.24. The van der Waals surface area contributed by atoms with Gasteiger partial charge in [0.1, 0.15) is 0 Å². The first-order valence-electron chi connectivity index (χ1n) is 17.2. The van der Waals surface area contributed by atoms with Crippen molar-refractivity contribution < 1.29 is 0 Å². The van der Waals surface area contributed by atoms with E-state index in [1.807, 2.05) is 23.4 Å². The minimum absolute atomic E-state index is 0.434. The number of benzene rings is 6. The van der Waals surface area contributed by atoms with Gasteiger partial charge < -0.3 is 0 Å². The Hall–Kier alpha value is -5.42. The van der Waals surface area contributed by atoms with E-state index in [4.69, 9.17) is 0 Å². The maximum atomic E-state index is 4.35.